The number of nitrogens with two attached hydrogens (primary N) is 2. The SMILES string of the molecule is NC(N)=NCCCC(NC(=O)CNC(=O)C1CCC(=O)N1)C(=O)O. The van der Waals surface area contributed by atoms with Crippen LogP contribution in [-0.4, -0.2) is 59.9 Å². The molecular formula is C13H22N6O5. The van der Waals surface area contributed by atoms with Crippen LogP contribution in [0.4, 0.5) is 0 Å². The molecule has 1 heterocycles. The molecule has 0 aliphatic carbocycles. The molecule has 1 saturated heterocycles. The van der Waals surface area contributed by atoms with E-state index < -0.39 is 29.9 Å². The number of aliphatic carboxylic acids is 1. The van der Waals surface area contributed by atoms with Gasteiger partial charge in [0.1, 0.15) is 12.1 Å². The normalized spacial score (nSPS) is 17.5. The molecule has 1 aliphatic heterocycles. The summed E-state index contributed by atoms with van der Waals surface area (Å²) in [7, 11) is 0. The Morgan fingerprint density at radius 3 is 2.62 bits per heavy atom. The molecule has 0 spiro atoms. The van der Waals surface area contributed by atoms with E-state index >= 15 is 0 Å². The molecule has 0 bridgehead atoms. The lowest BCUT2D eigenvalue weighted by atomic mass is 10.1. The van der Waals surface area contributed by atoms with Gasteiger partial charge in [0.25, 0.3) is 0 Å². The van der Waals surface area contributed by atoms with E-state index in [9.17, 15) is 19.2 Å². The molecule has 11 heteroatoms. The summed E-state index contributed by atoms with van der Waals surface area (Å²) in [6, 6.07) is -1.75. The van der Waals surface area contributed by atoms with Gasteiger partial charge in [0, 0.05) is 13.0 Å². The van der Waals surface area contributed by atoms with E-state index in [2.05, 4.69) is 20.9 Å². The number of amides is 3. The first-order valence-electron chi connectivity index (χ1n) is 7.44. The number of nitrogens with one attached hydrogen (secondary N) is 3. The van der Waals surface area contributed by atoms with Crippen molar-refractivity contribution in [3.8, 4) is 0 Å². The first kappa shape index (κ1) is 19.2. The van der Waals surface area contributed by atoms with Crippen molar-refractivity contribution >= 4 is 29.7 Å². The number of carbonyl (C=O) groups excluding carboxylic acids is 3. The van der Waals surface area contributed by atoms with Gasteiger partial charge in [-0.15, -0.1) is 0 Å². The summed E-state index contributed by atoms with van der Waals surface area (Å²) in [6.45, 7) is -0.122. The first-order valence-corrected chi connectivity index (χ1v) is 7.44. The second-order valence-corrected chi connectivity index (χ2v) is 5.28. The molecule has 2 unspecified atom stereocenters. The summed E-state index contributed by atoms with van der Waals surface area (Å²) in [6.07, 6.45) is 1.15. The smallest absolute Gasteiger partial charge is 0.326 e. The number of aliphatic imine (C=N–C) groups is 1. The van der Waals surface area contributed by atoms with Gasteiger partial charge in [-0.2, -0.15) is 0 Å². The average Bonchev–Trinajstić information content (AvgIpc) is 2.94. The lowest BCUT2D eigenvalue weighted by Crippen LogP contribution is -2.48. The quantitative estimate of drug-likeness (QED) is 0.146. The van der Waals surface area contributed by atoms with Crippen LogP contribution in [0.15, 0.2) is 4.99 Å². The standard InChI is InChI=1S/C13H22N6O5/c14-13(15)16-5-1-2-8(12(23)24)19-10(21)6-17-11(22)7-3-4-9(20)18-7/h7-8H,1-6H2,(H,17,22)(H,18,20)(H,19,21)(H,23,24)(H4,14,15,16). The van der Waals surface area contributed by atoms with Crippen LogP contribution in [0.2, 0.25) is 0 Å². The van der Waals surface area contributed by atoms with E-state index in [4.69, 9.17) is 16.6 Å². The average molecular weight is 342 g/mol. The third kappa shape index (κ3) is 6.94. The molecule has 0 aromatic carbocycles. The van der Waals surface area contributed by atoms with Gasteiger partial charge in [0.05, 0.1) is 6.54 Å². The number of guanidine groups is 1. The van der Waals surface area contributed by atoms with E-state index in [1.807, 2.05) is 0 Å². The summed E-state index contributed by atoms with van der Waals surface area (Å²) in [5.41, 5.74) is 10.3. The number of carbonyl (C=O) groups is 4. The molecule has 2 atom stereocenters. The number of hydrogen-bond acceptors (Lipinski definition) is 5. The van der Waals surface area contributed by atoms with Crippen LogP contribution < -0.4 is 27.4 Å². The predicted octanol–water partition coefficient (Wildman–Crippen LogP) is -3.00. The fourth-order valence-corrected chi connectivity index (χ4v) is 2.11. The van der Waals surface area contributed by atoms with Crippen LogP contribution in [0.1, 0.15) is 25.7 Å². The predicted molar refractivity (Wildman–Crippen MR) is 83.7 cm³/mol. The Kier molecular flexibility index (Phi) is 7.46. The number of hydrogen-bond donors (Lipinski definition) is 6. The molecule has 134 valence electrons. The zero-order valence-electron chi connectivity index (χ0n) is 13.1. The Balaban J connectivity index is 2.34. The Hall–Kier alpha value is -2.85. The highest BCUT2D eigenvalue weighted by molar-refractivity contribution is 5.93. The largest absolute Gasteiger partial charge is 0.480 e. The van der Waals surface area contributed by atoms with Crippen molar-refractivity contribution in [2.24, 2.45) is 16.5 Å². The minimum absolute atomic E-state index is 0.0902. The highest BCUT2D eigenvalue weighted by atomic mass is 16.4. The van der Waals surface area contributed by atoms with Gasteiger partial charge >= 0.3 is 5.97 Å². The fourth-order valence-electron chi connectivity index (χ4n) is 2.11. The highest BCUT2D eigenvalue weighted by Gasteiger charge is 2.27. The molecule has 1 rings (SSSR count). The van der Waals surface area contributed by atoms with Gasteiger partial charge in [-0.3, -0.25) is 19.4 Å². The number of carboxylic acids is 1. The van der Waals surface area contributed by atoms with Crippen molar-refractivity contribution in [1.82, 2.24) is 16.0 Å². The van der Waals surface area contributed by atoms with Gasteiger partial charge in [-0.05, 0) is 19.3 Å². The van der Waals surface area contributed by atoms with Gasteiger partial charge in [0.15, 0.2) is 5.96 Å². The van der Waals surface area contributed by atoms with Crippen LogP contribution in [0.3, 0.4) is 0 Å². The number of carboxylic acid groups (broad SMARTS) is 1. The van der Waals surface area contributed by atoms with Gasteiger partial charge in [0.2, 0.25) is 17.7 Å². The Morgan fingerprint density at radius 1 is 1.38 bits per heavy atom. The number of rotatable bonds is 9. The van der Waals surface area contributed by atoms with Crippen molar-refractivity contribution in [3.63, 3.8) is 0 Å². The molecule has 0 aromatic heterocycles. The summed E-state index contributed by atoms with van der Waals surface area (Å²) < 4.78 is 0. The van der Waals surface area contributed by atoms with Crippen LogP contribution in [0.25, 0.3) is 0 Å². The molecule has 0 aromatic rings. The Morgan fingerprint density at radius 2 is 2.08 bits per heavy atom. The lowest BCUT2D eigenvalue weighted by molar-refractivity contribution is -0.142. The summed E-state index contributed by atoms with van der Waals surface area (Å²) in [5.74, 6) is -2.61. The first-order chi connectivity index (χ1) is 11.3. The van der Waals surface area contributed by atoms with Crippen LogP contribution >= 0.6 is 0 Å². The van der Waals surface area contributed by atoms with Crippen molar-refractivity contribution in [2.45, 2.75) is 37.8 Å². The van der Waals surface area contributed by atoms with Gasteiger partial charge in [-0.1, -0.05) is 0 Å². The number of nitrogens with zero attached hydrogens (tertiary/aromatic N) is 1. The minimum Gasteiger partial charge on any atom is -0.480 e. The molecule has 11 nitrogen and oxygen atoms in total. The van der Waals surface area contributed by atoms with Crippen molar-refractivity contribution < 1.29 is 24.3 Å². The third-order valence-corrected chi connectivity index (χ3v) is 3.31. The van der Waals surface area contributed by atoms with Crippen molar-refractivity contribution in [3.05, 3.63) is 0 Å². The Labute approximate surface area is 138 Å². The monoisotopic (exact) mass is 342 g/mol. The lowest BCUT2D eigenvalue weighted by Gasteiger charge is -2.15. The van der Waals surface area contributed by atoms with Crippen LogP contribution in [0, 0.1) is 0 Å². The molecule has 0 saturated carbocycles. The summed E-state index contributed by atoms with van der Waals surface area (Å²) >= 11 is 0. The molecule has 1 fully saturated rings. The topological polar surface area (TPSA) is 189 Å². The van der Waals surface area contributed by atoms with Crippen LogP contribution in [0.5, 0.6) is 0 Å². The Bertz CT molecular complexity index is 531. The van der Waals surface area contributed by atoms with E-state index in [-0.39, 0.29) is 37.8 Å². The van der Waals surface area contributed by atoms with Gasteiger partial charge in [-0.25, -0.2) is 4.79 Å². The zero-order chi connectivity index (χ0) is 18.1. The maximum atomic E-state index is 11.7. The fraction of sp³-hybridized carbons (Fsp3) is 0.615. The van der Waals surface area contributed by atoms with Crippen molar-refractivity contribution in [2.75, 3.05) is 13.1 Å². The van der Waals surface area contributed by atoms with E-state index in [1.54, 1.807) is 0 Å². The second-order valence-electron chi connectivity index (χ2n) is 5.28. The zero-order valence-corrected chi connectivity index (χ0v) is 13.1. The van der Waals surface area contributed by atoms with E-state index in [0.29, 0.717) is 12.8 Å². The molecule has 3 amide bonds. The minimum atomic E-state index is -1.19. The van der Waals surface area contributed by atoms with Crippen molar-refractivity contribution in [1.29, 1.82) is 0 Å². The molecular weight excluding hydrogens is 320 g/mol. The highest BCUT2D eigenvalue weighted by Crippen LogP contribution is 2.06. The maximum absolute atomic E-state index is 11.7. The molecule has 0 radical (unpaired) electrons. The molecule has 8 N–H and O–H groups in total. The maximum Gasteiger partial charge on any atom is 0.326 e. The molecule has 24 heavy (non-hydrogen) atoms. The third-order valence-electron chi connectivity index (χ3n) is 3.31. The summed E-state index contributed by atoms with van der Waals surface area (Å²) in [5, 5.41) is 16.2. The summed E-state index contributed by atoms with van der Waals surface area (Å²) in [4.78, 5) is 49.3. The van der Waals surface area contributed by atoms with Crippen LogP contribution in [-0.2, 0) is 19.2 Å². The molecule has 1 aliphatic rings. The van der Waals surface area contributed by atoms with E-state index in [0.717, 1.165) is 0 Å². The van der Waals surface area contributed by atoms with Gasteiger partial charge < -0.3 is 32.5 Å². The van der Waals surface area contributed by atoms with E-state index in [1.165, 1.54) is 0 Å². The second kappa shape index (κ2) is 9.33.